The van der Waals surface area contributed by atoms with E-state index in [1.165, 1.54) is 31.5 Å². The lowest BCUT2D eigenvalue weighted by Gasteiger charge is -2.15. The van der Waals surface area contributed by atoms with Gasteiger partial charge >= 0.3 is 0 Å². The second-order valence-electron chi connectivity index (χ2n) is 7.17. The first-order chi connectivity index (χ1) is 16.7. The normalized spacial score (nSPS) is 11.7. The zero-order valence-corrected chi connectivity index (χ0v) is 21.4. The molecule has 9 nitrogen and oxygen atoms in total. The molecule has 3 rings (SSSR count). The third kappa shape index (κ3) is 7.05. The Morgan fingerprint density at radius 2 is 1.91 bits per heavy atom. The van der Waals surface area contributed by atoms with Crippen LogP contribution in [0.4, 0.5) is 11.5 Å². The molecule has 0 bridgehead atoms. The molecule has 0 spiro atoms. The van der Waals surface area contributed by atoms with E-state index in [2.05, 4.69) is 20.9 Å². The summed E-state index contributed by atoms with van der Waals surface area (Å²) in [7, 11) is 1.38. The van der Waals surface area contributed by atoms with Crippen LogP contribution < -0.4 is 20.7 Å². The number of thiophene rings is 1. The summed E-state index contributed by atoms with van der Waals surface area (Å²) in [5.41, 5.74) is 0.789. The van der Waals surface area contributed by atoms with Crippen LogP contribution >= 0.6 is 46.1 Å². The molecule has 0 saturated carbocycles. The van der Waals surface area contributed by atoms with Gasteiger partial charge < -0.3 is 30.9 Å². The largest absolute Gasteiger partial charge is 0.494 e. The van der Waals surface area contributed by atoms with Crippen LogP contribution in [0.15, 0.2) is 35.8 Å². The van der Waals surface area contributed by atoms with Crippen LogP contribution in [0.5, 0.6) is 5.75 Å². The highest BCUT2D eigenvalue weighted by molar-refractivity contribution is 7.13. The summed E-state index contributed by atoms with van der Waals surface area (Å²) < 4.78 is 5.35. The fraction of sp³-hybridized carbons (Fsp3) is 0.227. The lowest BCUT2D eigenvalue weighted by molar-refractivity contribution is 0.0942. The van der Waals surface area contributed by atoms with Gasteiger partial charge in [-0.15, -0.1) is 11.3 Å². The zero-order valence-electron chi connectivity index (χ0n) is 18.3. The number of methoxy groups -OCH3 is 1. The number of nitrogens with zero attached hydrogens (tertiary/aromatic N) is 1. The lowest BCUT2D eigenvalue weighted by Crippen LogP contribution is -2.28. The molecule has 1 aromatic carbocycles. The van der Waals surface area contributed by atoms with E-state index in [9.17, 15) is 14.7 Å². The Morgan fingerprint density at radius 3 is 2.57 bits per heavy atom. The van der Waals surface area contributed by atoms with Crippen molar-refractivity contribution in [1.29, 1.82) is 0 Å². The molecule has 2 heterocycles. The summed E-state index contributed by atoms with van der Waals surface area (Å²) in [5, 5.41) is 29.2. The topological polar surface area (TPSA) is 133 Å². The second kappa shape index (κ2) is 12.5. The predicted octanol–water partition coefficient (Wildman–Crippen LogP) is 4.06. The molecule has 0 fully saturated rings. The Morgan fingerprint density at radius 1 is 1.14 bits per heavy atom. The molecule has 2 amide bonds. The quantitative estimate of drug-likeness (QED) is 0.253. The molecule has 13 heteroatoms. The van der Waals surface area contributed by atoms with Gasteiger partial charge in [-0.2, -0.15) is 0 Å². The fourth-order valence-corrected chi connectivity index (χ4v) is 4.52. The minimum atomic E-state index is -0.903. The van der Waals surface area contributed by atoms with E-state index < -0.39 is 17.9 Å². The molecular formula is C22H21Cl3N4O5S. The van der Waals surface area contributed by atoms with Crippen LogP contribution in [0.1, 0.15) is 25.6 Å². The number of nitrogens with one attached hydrogen (secondary N) is 3. The smallest absolute Gasteiger partial charge is 0.267 e. The fourth-order valence-electron chi connectivity index (χ4n) is 2.94. The van der Waals surface area contributed by atoms with Crippen molar-refractivity contribution in [3.8, 4) is 5.75 Å². The molecule has 5 N–H and O–H groups in total. The maximum atomic E-state index is 13.1. The van der Waals surface area contributed by atoms with Crippen LogP contribution in [-0.4, -0.2) is 53.4 Å². The van der Waals surface area contributed by atoms with Gasteiger partial charge in [-0.05, 0) is 29.1 Å². The maximum absolute atomic E-state index is 13.1. The number of benzene rings is 1. The molecule has 0 radical (unpaired) electrons. The van der Waals surface area contributed by atoms with Crippen LogP contribution in [-0.2, 0) is 6.54 Å². The molecule has 186 valence electrons. The summed E-state index contributed by atoms with van der Waals surface area (Å²) in [6.07, 6.45) is 0.480. The standard InChI is InChI=1S/C22H21Cl3N4O5S/c1-34-16-5-13(24)4-15(21(32)28-17-3-2-12(23)7-27-17)19(16)29-22(33)20-18(25)11(10-35-20)6-26-8-14(31)9-30/h2-5,7,10,14,26,30-31H,6,8-9H2,1H3,(H,29,33)(H,27,28,32). The Hall–Kier alpha value is -2.44. The molecular weight excluding hydrogens is 539 g/mol. The van der Waals surface area contributed by atoms with E-state index in [0.29, 0.717) is 10.6 Å². The third-order valence-electron chi connectivity index (χ3n) is 4.65. The van der Waals surface area contributed by atoms with E-state index in [1.807, 2.05) is 0 Å². The van der Waals surface area contributed by atoms with Crippen molar-refractivity contribution in [1.82, 2.24) is 10.3 Å². The molecule has 2 aromatic heterocycles. The van der Waals surface area contributed by atoms with Gasteiger partial charge in [-0.3, -0.25) is 9.59 Å². The minimum Gasteiger partial charge on any atom is -0.494 e. The molecule has 3 aromatic rings. The summed E-state index contributed by atoms with van der Waals surface area (Å²) in [6.45, 7) is 0.0732. The Balaban J connectivity index is 1.83. The van der Waals surface area contributed by atoms with Gasteiger partial charge in [0.1, 0.15) is 16.4 Å². The lowest BCUT2D eigenvalue weighted by atomic mass is 10.1. The summed E-state index contributed by atoms with van der Waals surface area (Å²) >= 11 is 19.5. The van der Waals surface area contributed by atoms with Gasteiger partial charge in [-0.25, -0.2) is 4.98 Å². The summed E-state index contributed by atoms with van der Waals surface area (Å²) in [5.74, 6) is -0.713. The van der Waals surface area contributed by atoms with E-state index in [-0.39, 0.29) is 57.4 Å². The second-order valence-corrected chi connectivity index (χ2v) is 9.30. The molecule has 0 aliphatic carbocycles. The highest BCUT2D eigenvalue weighted by atomic mass is 35.5. The van der Waals surface area contributed by atoms with E-state index in [0.717, 1.165) is 11.3 Å². The third-order valence-corrected chi connectivity index (χ3v) is 6.66. The number of anilines is 2. The van der Waals surface area contributed by atoms with Gasteiger partial charge in [0.05, 0.1) is 41.1 Å². The first-order valence-corrected chi connectivity index (χ1v) is 12.1. The number of rotatable bonds is 10. The predicted molar refractivity (Wildman–Crippen MR) is 137 cm³/mol. The highest BCUT2D eigenvalue weighted by Gasteiger charge is 2.23. The number of hydrogen-bond donors (Lipinski definition) is 5. The van der Waals surface area contributed by atoms with Gasteiger partial charge in [0.25, 0.3) is 11.8 Å². The molecule has 1 unspecified atom stereocenters. The number of aromatic nitrogens is 1. The van der Waals surface area contributed by atoms with Crippen LogP contribution in [0.3, 0.4) is 0 Å². The van der Waals surface area contributed by atoms with E-state index >= 15 is 0 Å². The number of pyridine rings is 1. The number of ether oxygens (including phenoxy) is 1. The molecule has 1 atom stereocenters. The highest BCUT2D eigenvalue weighted by Crippen LogP contribution is 2.35. The van der Waals surface area contributed by atoms with Crippen LogP contribution in [0.25, 0.3) is 0 Å². The Kier molecular flexibility index (Phi) is 9.70. The van der Waals surface area contributed by atoms with Crippen molar-refractivity contribution in [2.75, 3.05) is 30.9 Å². The van der Waals surface area contributed by atoms with Crippen molar-refractivity contribution in [2.24, 2.45) is 0 Å². The van der Waals surface area contributed by atoms with Gasteiger partial charge in [-0.1, -0.05) is 34.8 Å². The number of carbonyl (C=O) groups excluding carboxylic acids is 2. The molecule has 35 heavy (non-hydrogen) atoms. The maximum Gasteiger partial charge on any atom is 0.267 e. The monoisotopic (exact) mass is 558 g/mol. The van der Waals surface area contributed by atoms with Gasteiger partial charge in [0.15, 0.2) is 0 Å². The first kappa shape index (κ1) is 27.2. The van der Waals surface area contributed by atoms with Crippen molar-refractivity contribution in [3.63, 3.8) is 0 Å². The number of halogens is 3. The molecule has 0 aliphatic rings. The van der Waals surface area contributed by atoms with Crippen molar-refractivity contribution >= 4 is 69.5 Å². The number of hydrogen-bond acceptors (Lipinski definition) is 8. The number of amides is 2. The summed E-state index contributed by atoms with van der Waals surface area (Å²) in [6, 6.07) is 5.96. The number of aliphatic hydroxyl groups is 2. The Bertz CT molecular complexity index is 1210. The molecule has 0 saturated heterocycles. The minimum absolute atomic E-state index is 0.0482. The van der Waals surface area contributed by atoms with Gasteiger partial charge in [0, 0.05) is 30.4 Å². The van der Waals surface area contributed by atoms with Crippen molar-refractivity contribution in [3.05, 3.63) is 66.9 Å². The van der Waals surface area contributed by atoms with Crippen molar-refractivity contribution in [2.45, 2.75) is 12.6 Å². The number of aliphatic hydroxyl groups excluding tert-OH is 2. The van der Waals surface area contributed by atoms with Crippen molar-refractivity contribution < 1.29 is 24.5 Å². The van der Waals surface area contributed by atoms with Gasteiger partial charge in [0.2, 0.25) is 0 Å². The first-order valence-electron chi connectivity index (χ1n) is 10.1. The Labute approximate surface area is 220 Å². The van der Waals surface area contributed by atoms with E-state index in [1.54, 1.807) is 11.4 Å². The van der Waals surface area contributed by atoms with E-state index in [4.69, 9.17) is 44.6 Å². The average molecular weight is 560 g/mol. The average Bonchev–Trinajstić information content (AvgIpc) is 3.21. The summed E-state index contributed by atoms with van der Waals surface area (Å²) in [4.78, 5) is 30.3. The number of carbonyl (C=O) groups is 2. The van der Waals surface area contributed by atoms with Crippen LogP contribution in [0, 0.1) is 0 Å². The zero-order chi connectivity index (χ0) is 25.5. The molecule has 0 aliphatic heterocycles. The SMILES string of the molecule is COc1cc(Cl)cc(C(=O)Nc2ccc(Cl)cn2)c1NC(=O)c1scc(CNCC(O)CO)c1Cl. The van der Waals surface area contributed by atoms with Crippen LogP contribution in [0.2, 0.25) is 15.1 Å².